The van der Waals surface area contributed by atoms with Crippen LogP contribution >= 0.6 is 0 Å². The number of likely N-dealkylation sites (tertiary alicyclic amines) is 1. The molecule has 86 valence electrons. The van der Waals surface area contributed by atoms with Crippen molar-refractivity contribution >= 4 is 12.0 Å². The SMILES string of the molecule is CON(C)C(=O)C[C@H]1CCN(C(=O)O)C1. The molecule has 1 saturated heterocycles. The van der Waals surface area contributed by atoms with Crippen LogP contribution in [0.25, 0.3) is 0 Å². The topological polar surface area (TPSA) is 70.1 Å². The van der Waals surface area contributed by atoms with Crippen LogP contribution in [0.4, 0.5) is 4.79 Å². The molecule has 6 nitrogen and oxygen atoms in total. The Bertz CT molecular complexity index is 256. The zero-order valence-corrected chi connectivity index (χ0v) is 8.97. The van der Waals surface area contributed by atoms with Crippen LogP contribution in [0.2, 0.25) is 0 Å². The highest BCUT2D eigenvalue weighted by atomic mass is 16.7. The first-order chi connectivity index (χ1) is 7.04. The van der Waals surface area contributed by atoms with E-state index in [-0.39, 0.29) is 11.8 Å². The predicted octanol–water partition coefficient (Wildman–Crippen LogP) is 0.396. The Morgan fingerprint density at radius 3 is 2.73 bits per heavy atom. The summed E-state index contributed by atoms with van der Waals surface area (Å²) in [5.74, 6) is 0.000869. The van der Waals surface area contributed by atoms with Gasteiger partial charge in [0.15, 0.2) is 0 Å². The molecule has 1 fully saturated rings. The Morgan fingerprint density at radius 2 is 2.27 bits per heavy atom. The molecular weight excluding hydrogens is 200 g/mol. The van der Waals surface area contributed by atoms with Crippen LogP contribution in [0.3, 0.4) is 0 Å². The molecule has 0 aromatic rings. The van der Waals surface area contributed by atoms with Gasteiger partial charge in [0.05, 0.1) is 7.11 Å². The summed E-state index contributed by atoms with van der Waals surface area (Å²) in [7, 11) is 2.97. The fourth-order valence-corrected chi connectivity index (χ4v) is 1.65. The first kappa shape index (κ1) is 11.8. The standard InChI is InChI=1S/C9H16N2O4/c1-10(15-2)8(12)5-7-3-4-11(6-7)9(13)14/h7H,3-6H2,1-2H3,(H,13,14)/t7-/m1/s1. The van der Waals surface area contributed by atoms with Crippen molar-refractivity contribution in [2.24, 2.45) is 5.92 Å². The molecule has 0 bridgehead atoms. The summed E-state index contributed by atoms with van der Waals surface area (Å²) in [6.45, 7) is 0.961. The number of hydroxylamine groups is 2. The van der Waals surface area contributed by atoms with Gasteiger partial charge < -0.3 is 10.0 Å². The molecule has 0 aliphatic carbocycles. The highest BCUT2D eigenvalue weighted by Gasteiger charge is 2.28. The Morgan fingerprint density at radius 1 is 1.60 bits per heavy atom. The lowest BCUT2D eigenvalue weighted by Gasteiger charge is -2.16. The second-order valence-electron chi connectivity index (χ2n) is 3.66. The van der Waals surface area contributed by atoms with Gasteiger partial charge in [-0.15, -0.1) is 0 Å². The minimum atomic E-state index is -0.912. The summed E-state index contributed by atoms with van der Waals surface area (Å²) >= 11 is 0. The average Bonchev–Trinajstić information content (AvgIpc) is 2.65. The summed E-state index contributed by atoms with van der Waals surface area (Å²) in [6, 6.07) is 0. The molecule has 0 unspecified atom stereocenters. The van der Waals surface area contributed by atoms with Gasteiger partial charge in [0, 0.05) is 26.6 Å². The third-order valence-electron chi connectivity index (χ3n) is 2.64. The molecule has 1 heterocycles. The fraction of sp³-hybridized carbons (Fsp3) is 0.778. The number of hydrogen-bond donors (Lipinski definition) is 1. The second-order valence-corrected chi connectivity index (χ2v) is 3.66. The van der Waals surface area contributed by atoms with E-state index in [1.165, 1.54) is 17.1 Å². The number of rotatable bonds is 3. The minimum absolute atomic E-state index is 0.116. The molecule has 0 aromatic heterocycles. The Hall–Kier alpha value is -1.30. The van der Waals surface area contributed by atoms with E-state index in [9.17, 15) is 9.59 Å². The quantitative estimate of drug-likeness (QED) is 0.693. The van der Waals surface area contributed by atoms with Crippen LogP contribution in [0.1, 0.15) is 12.8 Å². The highest BCUT2D eigenvalue weighted by molar-refractivity contribution is 5.75. The molecule has 15 heavy (non-hydrogen) atoms. The van der Waals surface area contributed by atoms with E-state index in [0.717, 1.165) is 6.42 Å². The highest BCUT2D eigenvalue weighted by Crippen LogP contribution is 2.20. The maximum Gasteiger partial charge on any atom is 0.407 e. The fourth-order valence-electron chi connectivity index (χ4n) is 1.65. The Balaban J connectivity index is 2.36. The van der Waals surface area contributed by atoms with Crippen molar-refractivity contribution in [1.82, 2.24) is 9.96 Å². The summed E-state index contributed by atoms with van der Waals surface area (Å²) < 4.78 is 0. The van der Waals surface area contributed by atoms with Gasteiger partial charge in [-0.3, -0.25) is 9.63 Å². The van der Waals surface area contributed by atoms with Crippen LogP contribution in [0, 0.1) is 5.92 Å². The first-order valence-corrected chi connectivity index (χ1v) is 4.83. The number of hydrogen-bond acceptors (Lipinski definition) is 3. The normalized spacial score (nSPS) is 20.4. The summed E-state index contributed by atoms with van der Waals surface area (Å²) in [6.07, 6.45) is 0.175. The number of amides is 2. The van der Waals surface area contributed by atoms with Gasteiger partial charge in [0.2, 0.25) is 5.91 Å². The van der Waals surface area contributed by atoms with Gasteiger partial charge in [0.1, 0.15) is 0 Å². The van der Waals surface area contributed by atoms with E-state index in [1.54, 1.807) is 7.05 Å². The molecule has 0 spiro atoms. The summed E-state index contributed by atoms with van der Waals surface area (Å²) in [4.78, 5) is 28.2. The zero-order valence-electron chi connectivity index (χ0n) is 8.97. The van der Waals surface area contributed by atoms with Crippen LogP contribution < -0.4 is 0 Å². The lowest BCUT2D eigenvalue weighted by molar-refractivity contribution is -0.169. The van der Waals surface area contributed by atoms with Crippen LogP contribution in [-0.4, -0.2) is 54.3 Å². The molecule has 1 rings (SSSR count). The van der Waals surface area contributed by atoms with E-state index in [2.05, 4.69) is 0 Å². The molecule has 0 saturated carbocycles. The van der Waals surface area contributed by atoms with Crippen LogP contribution in [-0.2, 0) is 9.63 Å². The smallest absolute Gasteiger partial charge is 0.407 e. The van der Waals surface area contributed by atoms with E-state index >= 15 is 0 Å². The van der Waals surface area contributed by atoms with Crippen molar-refractivity contribution in [3.05, 3.63) is 0 Å². The first-order valence-electron chi connectivity index (χ1n) is 4.83. The molecule has 6 heteroatoms. The van der Waals surface area contributed by atoms with Gasteiger partial charge in [-0.2, -0.15) is 0 Å². The largest absolute Gasteiger partial charge is 0.465 e. The molecule has 2 amide bonds. The van der Waals surface area contributed by atoms with Crippen molar-refractivity contribution in [1.29, 1.82) is 0 Å². The monoisotopic (exact) mass is 216 g/mol. The maximum atomic E-state index is 11.4. The van der Waals surface area contributed by atoms with Crippen LogP contribution in [0.15, 0.2) is 0 Å². The number of nitrogens with zero attached hydrogens (tertiary/aromatic N) is 2. The lowest BCUT2D eigenvalue weighted by atomic mass is 10.0. The minimum Gasteiger partial charge on any atom is -0.465 e. The van der Waals surface area contributed by atoms with Gasteiger partial charge in [-0.25, -0.2) is 9.86 Å². The Labute approximate surface area is 88.4 Å². The molecule has 1 atom stereocenters. The number of carboxylic acid groups (broad SMARTS) is 1. The average molecular weight is 216 g/mol. The molecule has 1 aliphatic rings. The van der Waals surface area contributed by atoms with Gasteiger partial charge in [-0.05, 0) is 12.3 Å². The number of carbonyl (C=O) groups is 2. The van der Waals surface area contributed by atoms with Crippen molar-refractivity contribution in [3.63, 3.8) is 0 Å². The van der Waals surface area contributed by atoms with E-state index < -0.39 is 6.09 Å². The molecular formula is C9H16N2O4. The lowest BCUT2D eigenvalue weighted by Crippen LogP contribution is -2.30. The van der Waals surface area contributed by atoms with Gasteiger partial charge in [0.25, 0.3) is 0 Å². The third kappa shape index (κ3) is 3.09. The van der Waals surface area contributed by atoms with Gasteiger partial charge in [-0.1, -0.05) is 0 Å². The molecule has 0 aromatic carbocycles. The number of carbonyl (C=O) groups excluding carboxylic acids is 1. The molecule has 1 N–H and O–H groups in total. The maximum absolute atomic E-state index is 11.4. The summed E-state index contributed by atoms with van der Waals surface area (Å²) in [5.41, 5.74) is 0. The molecule has 0 radical (unpaired) electrons. The van der Waals surface area contributed by atoms with Crippen molar-refractivity contribution in [2.75, 3.05) is 27.2 Å². The van der Waals surface area contributed by atoms with Crippen molar-refractivity contribution in [3.8, 4) is 0 Å². The van der Waals surface area contributed by atoms with Crippen LogP contribution in [0.5, 0.6) is 0 Å². The van der Waals surface area contributed by atoms with E-state index in [0.29, 0.717) is 19.5 Å². The third-order valence-corrected chi connectivity index (χ3v) is 2.64. The van der Waals surface area contributed by atoms with Crippen molar-refractivity contribution in [2.45, 2.75) is 12.8 Å². The zero-order chi connectivity index (χ0) is 11.4. The second kappa shape index (κ2) is 4.97. The summed E-state index contributed by atoms with van der Waals surface area (Å²) in [5, 5.41) is 9.90. The van der Waals surface area contributed by atoms with Gasteiger partial charge >= 0.3 is 6.09 Å². The molecule has 1 aliphatic heterocycles. The Kier molecular flexibility index (Phi) is 3.90. The van der Waals surface area contributed by atoms with Crippen molar-refractivity contribution < 1.29 is 19.5 Å². The van der Waals surface area contributed by atoms with E-state index in [1.807, 2.05) is 0 Å². The predicted molar refractivity (Wildman–Crippen MR) is 52.1 cm³/mol. The van der Waals surface area contributed by atoms with E-state index in [4.69, 9.17) is 9.94 Å².